The van der Waals surface area contributed by atoms with Crippen molar-refractivity contribution in [3.8, 4) is 5.75 Å². The fourth-order valence-electron chi connectivity index (χ4n) is 4.93. The number of benzene rings is 3. The monoisotopic (exact) mass is 432 g/mol. The third kappa shape index (κ3) is 3.35. The van der Waals surface area contributed by atoms with E-state index in [2.05, 4.69) is 41.4 Å². The first-order valence-electron chi connectivity index (χ1n) is 11.4. The Hall–Kier alpha value is -4.05. The first kappa shape index (κ1) is 19.6. The molecule has 0 fully saturated rings. The Balaban J connectivity index is 1.61. The van der Waals surface area contributed by atoms with Crippen LogP contribution in [0.4, 0.5) is 0 Å². The Kier molecular flexibility index (Phi) is 4.84. The van der Waals surface area contributed by atoms with E-state index in [0.717, 1.165) is 41.2 Å². The lowest BCUT2D eigenvalue weighted by molar-refractivity contribution is -0.0253. The normalized spacial score (nSPS) is 19.0. The number of hydrazine groups is 1. The second kappa shape index (κ2) is 8.14. The van der Waals surface area contributed by atoms with Gasteiger partial charge in [0.25, 0.3) is 5.91 Å². The van der Waals surface area contributed by atoms with Crippen LogP contribution in [0.2, 0.25) is 0 Å². The van der Waals surface area contributed by atoms with Gasteiger partial charge in [0.2, 0.25) is 5.88 Å². The molecule has 0 aromatic heterocycles. The van der Waals surface area contributed by atoms with Crippen molar-refractivity contribution >= 4 is 5.91 Å². The average Bonchev–Trinajstić information content (AvgIpc) is 3.04. The topological polar surface area (TPSA) is 32.8 Å². The molecular formula is C29H24N2O2. The summed E-state index contributed by atoms with van der Waals surface area (Å²) in [4.78, 5) is 14.1. The number of hydrogen-bond acceptors (Lipinski definition) is 3. The van der Waals surface area contributed by atoms with Crippen LogP contribution in [0.5, 0.6) is 5.75 Å². The maximum atomic E-state index is 14.1. The molecule has 2 heterocycles. The Bertz CT molecular complexity index is 1290. The zero-order valence-corrected chi connectivity index (χ0v) is 18.2. The van der Waals surface area contributed by atoms with Crippen LogP contribution in [0.15, 0.2) is 120 Å². The van der Waals surface area contributed by atoms with Crippen molar-refractivity contribution in [2.45, 2.75) is 18.9 Å². The van der Waals surface area contributed by atoms with Crippen LogP contribution in [0.25, 0.3) is 0 Å². The van der Waals surface area contributed by atoms with E-state index in [4.69, 9.17) is 4.74 Å². The molecule has 0 radical (unpaired) electrons. The Morgan fingerprint density at radius 1 is 0.879 bits per heavy atom. The van der Waals surface area contributed by atoms with Gasteiger partial charge in [-0.15, -0.1) is 0 Å². The fourth-order valence-corrected chi connectivity index (χ4v) is 4.93. The molecule has 0 N–H and O–H groups in total. The minimum absolute atomic E-state index is 0.0402. The molecule has 1 aliphatic carbocycles. The van der Waals surface area contributed by atoms with Crippen molar-refractivity contribution in [1.29, 1.82) is 0 Å². The first-order chi connectivity index (χ1) is 16.3. The fraction of sp³-hybridized carbons (Fsp3) is 0.138. The molecule has 3 aromatic rings. The molecule has 0 spiro atoms. The maximum absolute atomic E-state index is 14.1. The SMILES string of the molecule is O=C(c1ccccc1)N1C(c2ccccc2)c2ccccc2OC2=C3CC=CC=C3CCN21. The predicted molar refractivity (Wildman–Crippen MR) is 128 cm³/mol. The third-order valence-electron chi connectivity index (χ3n) is 6.50. The zero-order valence-electron chi connectivity index (χ0n) is 18.2. The van der Waals surface area contributed by atoms with Gasteiger partial charge in [-0.05, 0) is 42.2 Å². The number of ether oxygens (including phenoxy) is 1. The summed E-state index contributed by atoms with van der Waals surface area (Å²) in [5.74, 6) is 1.51. The Morgan fingerprint density at radius 2 is 1.61 bits per heavy atom. The molecule has 3 aliphatic rings. The van der Waals surface area contributed by atoms with Crippen LogP contribution >= 0.6 is 0 Å². The van der Waals surface area contributed by atoms with E-state index in [0.29, 0.717) is 12.1 Å². The number of para-hydroxylation sites is 1. The largest absolute Gasteiger partial charge is 0.439 e. The van der Waals surface area contributed by atoms with Crippen LogP contribution in [-0.2, 0) is 0 Å². The minimum Gasteiger partial charge on any atom is -0.439 e. The first-order valence-corrected chi connectivity index (χ1v) is 11.4. The van der Waals surface area contributed by atoms with Crippen molar-refractivity contribution in [2.24, 2.45) is 0 Å². The van der Waals surface area contributed by atoms with Gasteiger partial charge in [0.05, 0.1) is 0 Å². The van der Waals surface area contributed by atoms with E-state index in [1.807, 2.05) is 71.7 Å². The second-order valence-corrected chi connectivity index (χ2v) is 8.45. The molecular weight excluding hydrogens is 408 g/mol. The van der Waals surface area contributed by atoms with Crippen LogP contribution in [0.1, 0.15) is 40.4 Å². The predicted octanol–water partition coefficient (Wildman–Crippen LogP) is 6.03. The number of carbonyl (C=O) groups excluding carboxylic acids is 1. The summed E-state index contributed by atoms with van der Waals surface area (Å²) in [6, 6.07) is 27.5. The molecule has 6 rings (SSSR count). The lowest BCUT2D eigenvalue weighted by Crippen LogP contribution is -2.50. The zero-order chi connectivity index (χ0) is 22.2. The summed E-state index contributed by atoms with van der Waals surface area (Å²) in [6.07, 6.45) is 8.08. The van der Waals surface area contributed by atoms with Gasteiger partial charge in [-0.2, -0.15) is 0 Å². The van der Waals surface area contributed by atoms with Gasteiger partial charge in [0.15, 0.2) is 0 Å². The van der Waals surface area contributed by atoms with E-state index in [1.165, 1.54) is 5.57 Å². The summed E-state index contributed by atoms with van der Waals surface area (Å²) in [7, 11) is 0. The Labute approximate surface area is 193 Å². The van der Waals surface area contributed by atoms with Crippen LogP contribution in [0.3, 0.4) is 0 Å². The van der Waals surface area contributed by atoms with E-state index in [1.54, 1.807) is 0 Å². The number of allylic oxidation sites excluding steroid dienone is 4. The van der Waals surface area contributed by atoms with Gasteiger partial charge >= 0.3 is 0 Å². The summed E-state index contributed by atoms with van der Waals surface area (Å²) in [5, 5.41) is 3.98. The van der Waals surface area contributed by atoms with Gasteiger partial charge in [0.1, 0.15) is 11.8 Å². The standard InChI is InChI=1S/C29H24N2O2/c32-28(23-14-5-2-6-15-23)31-27(22-12-3-1-4-13-22)25-17-9-10-18-26(25)33-29-24-16-8-7-11-21(24)19-20-30(29)31/h1-15,17-18,27H,16,19-20H2. The summed E-state index contributed by atoms with van der Waals surface area (Å²) in [5.41, 5.74) is 5.12. The lowest BCUT2D eigenvalue weighted by Gasteiger charge is -2.43. The van der Waals surface area contributed by atoms with Crippen LogP contribution in [0, 0.1) is 0 Å². The van der Waals surface area contributed by atoms with Crippen molar-refractivity contribution in [2.75, 3.05) is 6.54 Å². The van der Waals surface area contributed by atoms with E-state index >= 15 is 0 Å². The van der Waals surface area contributed by atoms with Gasteiger partial charge in [-0.25, -0.2) is 10.0 Å². The number of nitrogens with zero attached hydrogens (tertiary/aromatic N) is 2. The molecule has 162 valence electrons. The van der Waals surface area contributed by atoms with Gasteiger partial charge < -0.3 is 4.74 Å². The van der Waals surface area contributed by atoms with Gasteiger partial charge in [0, 0.05) is 23.2 Å². The van der Waals surface area contributed by atoms with Crippen molar-refractivity contribution in [1.82, 2.24) is 10.0 Å². The minimum atomic E-state index is -0.308. The average molecular weight is 433 g/mol. The van der Waals surface area contributed by atoms with E-state index in [9.17, 15) is 4.79 Å². The van der Waals surface area contributed by atoms with E-state index in [-0.39, 0.29) is 11.9 Å². The van der Waals surface area contributed by atoms with Gasteiger partial charge in [-0.1, -0.05) is 85.0 Å². The quantitative estimate of drug-likeness (QED) is 0.496. The van der Waals surface area contributed by atoms with Crippen LogP contribution in [-0.4, -0.2) is 22.5 Å². The molecule has 1 unspecified atom stereocenters. The molecule has 0 saturated heterocycles. The van der Waals surface area contributed by atoms with Gasteiger partial charge in [-0.3, -0.25) is 4.79 Å². The molecule has 0 saturated carbocycles. The molecule has 33 heavy (non-hydrogen) atoms. The number of rotatable bonds is 2. The van der Waals surface area contributed by atoms with E-state index < -0.39 is 0 Å². The number of fused-ring (bicyclic) bond motifs is 3. The Morgan fingerprint density at radius 3 is 2.42 bits per heavy atom. The smallest absolute Gasteiger partial charge is 0.273 e. The number of hydrogen-bond donors (Lipinski definition) is 0. The highest BCUT2D eigenvalue weighted by Gasteiger charge is 2.41. The summed E-state index contributed by atoms with van der Waals surface area (Å²) >= 11 is 0. The van der Waals surface area contributed by atoms with Crippen molar-refractivity contribution in [3.05, 3.63) is 137 Å². The number of carbonyl (C=O) groups is 1. The van der Waals surface area contributed by atoms with Crippen LogP contribution < -0.4 is 4.74 Å². The summed E-state index contributed by atoms with van der Waals surface area (Å²) < 4.78 is 6.64. The molecule has 4 heteroatoms. The summed E-state index contributed by atoms with van der Waals surface area (Å²) in [6.45, 7) is 0.675. The second-order valence-electron chi connectivity index (χ2n) is 8.45. The highest BCUT2D eigenvalue weighted by Crippen LogP contribution is 2.45. The molecule has 4 nitrogen and oxygen atoms in total. The molecule has 2 aliphatic heterocycles. The van der Waals surface area contributed by atoms with Crippen molar-refractivity contribution < 1.29 is 9.53 Å². The highest BCUT2D eigenvalue weighted by atomic mass is 16.5. The maximum Gasteiger partial charge on any atom is 0.273 e. The highest BCUT2D eigenvalue weighted by molar-refractivity contribution is 5.94. The lowest BCUT2D eigenvalue weighted by atomic mass is 9.93. The number of amides is 1. The molecule has 0 bridgehead atoms. The molecule has 3 aromatic carbocycles. The molecule has 1 atom stereocenters. The van der Waals surface area contributed by atoms with Crippen molar-refractivity contribution in [3.63, 3.8) is 0 Å². The third-order valence-corrected chi connectivity index (χ3v) is 6.50. The molecule has 1 amide bonds.